The van der Waals surface area contributed by atoms with E-state index < -0.39 is 11.5 Å². The zero-order valence-electron chi connectivity index (χ0n) is 25.8. The number of amides is 1. The molecule has 0 bridgehead atoms. The average molecular weight is 620 g/mol. The van der Waals surface area contributed by atoms with Crippen LogP contribution in [0.2, 0.25) is 0 Å². The predicted molar refractivity (Wildman–Crippen MR) is 184 cm³/mol. The summed E-state index contributed by atoms with van der Waals surface area (Å²) < 4.78 is 7.30. The molecule has 0 saturated carbocycles. The van der Waals surface area contributed by atoms with Crippen LogP contribution in [0.15, 0.2) is 157 Å². The van der Waals surface area contributed by atoms with E-state index in [1.54, 1.807) is 73.8 Å². The van der Waals surface area contributed by atoms with Gasteiger partial charge in [-0.2, -0.15) is 5.10 Å². The van der Waals surface area contributed by atoms with Gasteiger partial charge in [-0.15, -0.1) is 0 Å². The molecule has 0 spiro atoms. The van der Waals surface area contributed by atoms with Gasteiger partial charge in [0, 0.05) is 11.3 Å². The molecule has 0 aliphatic heterocycles. The molecule has 232 valence electrons. The number of hydrogen-bond acceptors (Lipinski definition) is 5. The minimum Gasteiger partial charge on any atom is -0.462 e. The number of nitrogens with zero attached hydrogens (tertiary/aromatic N) is 2. The quantitative estimate of drug-likeness (QED) is 0.0951. The highest BCUT2D eigenvalue weighted by atomic mass is 16.5. The van der Waals surface area contributed by atoms with Crippen LogP contribution in [0.25, 0.3) is 28.2 Å². The van der Waals surface area contributed by atoms with Gasteiger partial charge in [0.25, 0.3) is 5.91 Å². The summed E-state index contributed by atoms with van der Waals surface area (Å²) in [6.45, 7) is 2.07. The average Bonchev–Trinajstić information content (AvgIpc) is 3.52. The van der Waals surface area contributed by atoms with Crippen molar-refractivity contribution in [2.45, 2.75) is 12.5 Å². The first-order valence-electron chi connectivity index (χ1n) is 15.3. The van der Waals surface area contributed by atoms with E-state index in [0.29, 0.717) is 23.3 Å². The van der Waals surface area contributed by atoms with E-state index in [2.05, 4.69) is 15.1 Å². The zero-order chi connectivity index (χ0) is 32.6. The number of aliphatic hydroxyl groups is 1. The molecule has 0 saturated heterocycles. The SMILES string of the molecule is CCOC(=O)c1ccc(-n2c(-c3ccccc3)cc(/C=N/NC(=O)C(O)(c3ccccc3)c3ccccc3)c2-c2ccccc2)cc1. The maximum atomic E-state index is 13.7. The number of aromatic nitrogens is 1. The standard InChI is InChI=1S/C40H33N3O4/c1-2-47-38(44)31-23-25-35(26-24-31)43-36(29-15-7-3-8-16-29)27-32(37(43)30-17-9-4-10-18-30)28-41-42-39(45)40(46,33-19-11-5-12-20-33)34-21-13-6-14-22-34/h3-28,46H,2H2,1H3,(H,42,45)/b41-28+. The first-order valence-corrected chi connectivity index (χ1v) is 15.3. The Bertz CT molecular complexity index is 1950. The normalized spacial score (nSPS) is 11.4. The largest absolute Gasteiger partial charge is 0.462 e. The van der Waals surface area contributed by atoms with E-state index in [1.807, 2.05) is 91.0 Å². The molecule has 0 unspecified atom stereocenters. The second kappa shape index (κ2) is 13.9. The highest BCUT2D eigenvalue weighted by Crippen LogP contribution is 2.36. The molecule has 0 aliphatic carbocycles. The smallest absolute Gasteiger partial charge is 0.338 e. The molecule has 1 heterocycles. The molecule has 0 atom stereocenters. The van der Waals surface area contributed by atoms with Gasteiger partial charge in [0.15, 0.2) is 5.60 Å². The summed E-state index contributed by atoms with van der Waals surface area (Å²) in [5, 5.41) is 16.3. The fourth-order valence-electron chi connectivity index (χ4n) is 5.60. The number of hydrazone groups is 1. The topological polar surface area (TPSA) is 92.9 Å². The number of hydrogen-bond donors (Lipinski definition) is 2. The van der Waals surface area contributed by atoms with Crippen LogP contribution in [0.1, 0.15) is 34.0 Å². The van der Waals surface area contributed by atoms with Crippen molar-refractivity contribution >= 4 is 18.1 Å². The maximum absolute atomic E-state index is 13.7. The van der Waals surface area contributed by atoms with Crippen molar-refractivity contribution in [3.63, 3.8) is 0 Å². The van der Waals surface area contributed by atoms with E-state index in [1.165, 1.54) is 0 Å². The van der Waals surface area contributed by atoms with Crippen molar-refractivity contribution < 1.29 is 19.4 Å². The van der Waals surface area contributed by atoms with Crippen molar-refractivity contribution in [2.75, 3.05) is 6.61 Å². The third-order valence-corrected chi connectivity index (χ3v) is 7.87. The Hall–Kier alpha value is -6.05. The fraction of sp³-hybridized carbons (Fsp3) is 0.0750. The van der Waals surface area contributed by atoms with Gasteiger partial charge >= 0.3 is 5.97 Å². The van der Waals surface area contributed by atoms with E-state index in [4.69, 9.17) is 4.74 Å². The molecule has 0 radical (unpaired) electrons. The lowest BCUT2D eigenvalue weighted by Crippen LogP contribution is -2.43. The van der Waals surface area contributed by atoms with Crippen LogP contribution in [0, 0.1) is 0 Å². The van der Waals surface area contributed by atoms with Gasteiger partial charge in [-0.05, 0) is 59.5 Å². The van der Waals surface area contributed by atoms with Gasteiger partial charge < -0.3 is 14.4 Å². The molecule has 1 aromatic heterocycles. The first-order chi connectivity index (χ1) is 23.0. The molecule has 7 heteroatoms. The molecule has 1 amide bonds. The third kappa shape index (κ3) is 6.38. The minimum atomic E-state index is -1.97. The fourth-order valence-corrected chi connectivity index (χ4v) is 5.60. The lowest BCUT2D eigenvalue weighted by molar-refractivity contribution is -0.136. The zero-order valence-corrected chi connectivity index (χ0v) is 25.8. The van der Waals surface area contributed by atoms with Crippen LogP contribution in [0.3, 0.4) is 0 Å². The van der Waals surface area contributed by atoms with E-state index in [9.17, 15) is 14.7 Å². The number of esters is 1. The van der Waals surface area contributed by atoms with Gasteiger partial charge in [0.1, 0.15) is 0 Å². The van der Waals surface area contributed by atoms with Crippen LogP contribution < -0.4 is 5.43 Å². The number of nitrogens with one attached hydrogen (secondary N) is 1. The number of benzene rings is 5. The van der Waals surface area contributed by atoms with Crippen LogP contribution in [-0.4, -0.2) is 34.4 Å². The van der Waals surface area contributed by atoms with Crippen LogP contribution in [-0.2, 0) is 15.1 Å². The van der Waals surface area contributed by atoms with Gasteiger partial charge in [0.2, 0.25) is 0 Å². The highest BCUT2D eigenvalue weighted by molar-refractivity contribution is 5.96. The summed E-state index contributed by atoms with van der Waals surface area (Å²) in [6.07, 6.45) is 1.59. The molecule has 0 fully saturated rings. The maximum Gasteiger partial charge on any atom is 0.338 e. The Kier molecular flexibility index (Phi) is 9.18. The number of rotatable bonds is 10. The predicted octanol–water partition coefficient (Wildman–Crippen LogP) is 7.37. The second-order valence-electron chi connectivity index (χ2n) is 10.8. The molecular formula is C40H33N3O4. The number of carbonyl (C=O) groups excluding carboxylic acids is 2. The highest BCUT2D eigenvalue weighted by Gasteiger charge is 2.40. The van der Waals surface area contributed by atoms with Gasteiger partial charge in [-0.3, -0.25) is 4.79 Å². The van der Waals surface area contributed by atoms with Crippen molar-refractivity contribution in [1.82, 2.24) is 9.99 Å². The van der Waals surface area contributed by atoms with Gasteiger partial charge in [0.05, 0.1) is 29.8 Å². The van der Waals surface area contributed by atoms with Crippen molar-refractivity contribution in [2.24, 2.45) is 5.10 Å². The lowest BCUT2D eigenvalue weighted by Gasteiger charge is -2.27. The minimum absolute atomic E-state index is 0.293. The Labute approximate surface area is 273 Å². The van der Waals surface area contributed by atoms with Crippen LogP contribution in [0.5, 0.6) is 0 Å². The van der Waals surface area contributed by atoms with Crippen molar-refractivity contribution in [3.05, 3.63) is 174 Å². The molecular weight excluding hydrogens is 586 g/mol. The third-order valence-electron chi connectivity index (χ3n) is 7.87. The Balaban J connectivity index is 1.45. The second-order valence-corrected chi connectivity index (χ2v) is 10.8. The van der Waals surface area contributed by atoms with Crippen molar-refractivity contribution in [1.29, 1.82) is 0 Å². The molecule has 47 heavy (non-hydrogen) atoms. The van der Waals surface area contributed by atoms with E-state index in [0.717, 1.165) is 33.8 Å². The van der Waals surface area contributed by atoms with Gasteiger partial charge in [-0.25, -0.2) is 10.2 Å². The van der Waals surface area contributed by atoms with Crippen LogP contribution in [0.4, 0.5) is 0 Å². The summed E-state index contributed by atoms with van der Waals surface area (Å²) in [5.74, 6) is -1.07. The summed E-state index contributed by atoms with van der Waals surface area (Å²) in [6, 6.07) is 46.7. The molecule has 6 rings (SSSR count). The Morgan fingerprint density at radius 3 is 1.79 bits per heavy atom. The number of carbonyl (C=O) groups is 2. The summed E-state index contributed by atoms with van der Waals surface area (Å²) in [5.41, 5.74) is 7.08. The van der Waals surface area contributed by atoms with Gasteiger partial charge in [-0.1, -0.05) is 121 Å². The first kappa shape index (κ1) is 31.0. The molecule has 2 N–H and O–H groups in total. The molecule has 5 aromatic carbocycles. The van der Waals surface area contributed by atoms with Crippen LogP contribution >= 0.6 is 0 Å². The van der Waals surface area contributed by atoms with E-state index in [-0.39, 0.29) is 5.97 Å². The molecule has 0 aliphatic rings. The van der Waals surface area contributed by atoms with Crippen molar-refractivity contribution in [3.8, 4) is 28.2 Å². The monoisotopic (exact) mass is 619 g/mol. The molecule has 6 aromatic rings. The Morgan fingerprint density at radius 2 is 1.26 bits per heavy atom. The van der Waals surface area contributed by atoms with E-state index >= 15 is 0 Å². The summed E-state index contributed by atoms with van der Waals surface area (Å²) in [7, 11) is 0. The summed E-state index contributed by atoms with van der Waals surface area (Å²) >= 11 is 0. The lowest BCUT2D eigenvalue weighted by atomic mass is 9.85. The Morgan fingerprint density at radius 1 is 0.745 bits per heavy atom. The molecule has 7 nitrogen and oxygen atoms in total. The summed E-state index contributed by atoms with van der Waals surface area (Å²) in [4.78, 5) is 26.1. The number of ether oxygens (including phenoxy) is 1.